The molecule has 2 aliphatic rings. The van der Waals surface area contributed by atoms with Gasteiger partial charge in [0.2, 0.25) is 0 Å². The van der Waals surface area contributed by atoms with Crippen molar-refractivity contribution in [3.8, 4) is 95.0 Å². The zero-order valence-corrected chi connectivity index (χ0v) is 43.6. The predicted molar refractivity (Wildman–Crippen MR) is 324 cm³/mol. The molecule has 1 heterocycles. The number of rotatable bonds is 7. The molecule has 0 spiro atoms. The second-order valence-corrected chi connectivity index (χ2v) is 22.3. The SMILES string of the molecule is CC1(C)c2ccccc2-c2ccc(-c3c4ccc(-c5ccc(-c6ccc7c(c6)nc(-c6ccccc6)n7-c6ccccc6)cc5)cc4c(-c4ccc5c(c4)C(C)(C)c4ccccc4-5)c4ccc(-c5ccccc5)cc34)cc21. The van der Waals surface area contributed by atoms with Gasteiger partial charge in [-0.3, -0.25) is 4.57 Å². The standard InChI is InChI=1S/C75H54N2/c1-74(2)65-26-16-14-24-57(65)59-37-34-54(44-67(59)74)71-62-40-33-52(48-28-30-49(31-29-48)53-36-41-70-69(46-53)76-73(50-20-10-6-11-21-50)77(70)56-22-12-7-13-23-56)43-64(62)72(61-39-32-51(42-63(61)71)47-18-8-5-9-19-47)55-35-38-60-58-25-15-17-27-66(58)75(3,4)68(60)45-55/h5-46H,1-4H3. The van der Waals surface area contributed by atoms with Crippen LogP contribution >= 0.6 is 0 Å². The Bertz CT molecular complexity index is 4520. The number of benzene rings is 12. The predicted octanol–water partition coefficient (Wildman–Crippen LogP) is 19.9. The van der Waals surface area contributed by atoms with E-state index in [1.165, 1.54) is 111 Å². The Morgan fingerprint density at radius 2 is 0.675 bits per heavy atom. The van der Waals surface area contributed by atoms with Crippen molar-refractivity contribution in [1.29, 1.82) is 0 Å². The van der Waals surface area contributed by atoms with Gasteiger partial charge in [-0.25, -0.2) is 4.98 Å². The van der Waals surface area contributed by atoms with Crippen LogP contribution in [0.3, 0.4) is 0 Å². The van der Waals surface area contributed by atoms with Gasteiger partial charge in [-0.2, -0.15) is 0 Å². The lowest BCUT2D eigenvalue weighted by Gasteiger charge is -2.24. The summed E-state index contributed by atoms with van der Waals surface area (Å²) in [4.78, 5) is 5.28. The first-order valence-corrected chi connectivity index (χ1v) is 27.0. The number of hydrogen-bond acceptors (Lipinski definition) is 1. The Kier molecular flexibility index (Phi) is 9.99. The summed E-state index contributed by atoms with van der Waals surface area (Å²) in [6.07, 6.45) is 0. The number of fused-ring (bicyclic) bond motifs is 9. The van der Waals surface area contributed by atoms with Crippen molar-refractivity contribution in [2.24, 2.45) is 0 Å². The van der Waals surface area contributed by atoms with Crippen LogP contribution in [-0.4, -0.2) is 9.55 Å². The first kappa shape index (κ1) is 45.1. The molecule has 364 valence electrons. The molecule has 0 radical (unpaired) electrons. The van der Waals surface area contributed by atoms with Crippen molar-refractivity contribution in [1.82, 2.24) is 9.55 Å². The maximum absolute atomic E-state index is 5.28. The molecule has 77 heavy (non-hydrogen) atoms. The molecule has 0 N–H and O–H groups in total. The van der Waals surface area contributed by atoms with E-state index < -0.39 is 0 Å². The molecule has 2 heteroatoms. The Morgan fingerprint density at radius 3 is 1.19 bits per heavy atom. The van der Waals surface area contributed by atoms with Gasteiger partial charge in [-0.15, -0.1) is 0 Å². The van der Waals surface area contributed by atoms with Crippen molar-refractivity contribution < 1.29 is 0 Å². The second-order valence-electron chi connectivity index (χ2n) is 22.3. The zero-order valence-electron chi connectivity index (χ0n) is 43.6. The third-order valence-corrected chi connectivity index (χ3v) is 17.2. The fourth-order valence-corrected chi connectivity index (χ4v) is 13.3. The van der Waals surface area contributed by atoms with Crippen LogP contribution < -0.4 is 0 Å². The van der Waals surface area contributed by atoms with Crippen molar-refractivity contribution in [3.63, 3.8) is 0 Å². The molecule has 15 rings (SSSR count). The molecule has 1 aromatic heterocycles. The Morgan fingerprint density at radius 1 is 0.286 bits per heavy atom. The summed E-state index contributed by atoms with van der Waals surface area (Å²) >= 11 is 0. The molecule has 0 unspecified atom stereocenters. The van der Waals surface area contributed by atoms with Gasteiger partial charge in [0.15, 0.2) is 0 Å². The summed E-state index contributed by atoms with van der Waals surface area (Å²) in [5, 5.41) is 4.99. The zero-order chi connectivity index (χ0) is 51.6. The van der Waals surface area contributed by atoms with Crippen LogP contribution in [0.5, 0.6) is 0 Å². The molecular formula is C75H54N2. The molecule has 0 saturated carbocycles. The third-order valence-electron chi connectivity index (χ3n) is 17.2. The highest BCUT2D eigenvalue weighted by molar-refractivity contribution is 6.23. The van der Waals surface area contributed by atoms with Gasteiger partial charge < -0.3 is 0 Å². The van der Waals surface area contributed by atoms with Gasteiger partial charge >= 0.3 is 0 Å². The summed E-state index contributed by atoms with van der Waals surface area (Å²) in [6.45, 7) is 9.55. The van der Waals surface area contributed by atoms with Crippen molar-refractivity contribution >= 4 is 32.6 Å². The molecular weight excluding hydrogens is 929 g/mol. The maximum atomic E-state index is 5.28. The summed E-state index contributed by atoms with van der Waals surface area (Å²) in [5.41, 5.74) is 26.8. The molecule has 0 fully saturated rings. The van der Waals surface area contributed by atoms with E-state index in [4.69, 9.17) is 4.98 Å². The molecule has 0 atom stereocenters. The number of nitrogens with zero attached hydrogens (tertiary/aromatic N) is 2. The molecule has 0 aliphatic heterocycles. The molecule has 0 saturated heterocycles. The lowest BCUT2D eigenvalue weighted by atomic mass is 9.79. The largest absolute Gasteiger partial charge is 0.292 e. The van der Waals surface area contributed by atoms with Gasteiger partial charge in [0.1, 0.15) is 5.82 Å². The number of para-hydroxylation sites is 1. The number of imidazole rings is 1. The van der Waals surface area contributed by atoms with E-state index in [-0.39, 0.29) is 10.8 Å². The van der Waals surface area contributed by atoms with E-state index >= 15 is 0 Å². The van der Waals surface area contributed by atoms with Crippen LogP contribution in [0, 0.1) is 0 Å². The van der Waals surface area contributed by atoms with Crippen LogP contribution in [-0.2, 0) is 10.8 Å². The Hall–Kier alpha value is -9.37. The van der Waals surface area contributed by atoms with E-state index in [9.17, 15) is 0 Å². The average molecular weight is 983 g/mol. The van der Waals surface area contributed by atoms with Gasteiger partial charge in [0, 0.05) is 22.1 Å². The smallest absolute Gasteiger partial charge is 0.145 e. The van der Waals surface area contributed by atoms with E-state index in [0.717, 1.165) is 39.2 Å². The normalized spacial score (nSPS) is 13.7. The summed E-state index contributed by atoms with van der Waals surface area (Å²) in [6, 6.07) is 94.6. The van der Waals surface area contributed by atoms with E-state index in [0.29, 0.717) is 0 Å². The second kappa shape index (κ2) is 17.1. The van der Waals surface area contributed by atoms with E-state index in [1.807, 2.05) is 0 Å². The minimum Gasteiger partial charge on any atom is -0.292 e. The monoisotopic (exact) mass is 982 g/mol. The minimum atomic E-state index is -0.147. The fourth-order valence-electron chi connectivity index (χ4n) is 13.3. The number of aromatic nitrogens is 2. The van der Waals surface area contributed by atoms with E-state index in [2.05, 4.69) is 287 Å². The Labute approximate surface area is 450 Å². The maximum Gasteiger partial charge on any atom is 0.145 e. The molecule has 2 nitrogen and oxygen atoms in total. The minimum absolute atomic E-state index is 0.141. The highest BCUT2D eigenvalue weighted by Gasteiger charge is 2.37. The lowest BCUT2D eigenvalue weighted by molar-refractivity contribution is 0.660. The van der Waals surface area contributed by atoms with Crippen molar-refractivity contribution in [3.05, 3.63) is 277 Å². The van der Waals surface area contributed by atoms with Crippen LogP contribution in [0.4, 0.5) is 0 Å². The lowest BCUT2D eigenvalue weighted by Crippen LogP contribution is -2.15. The number of hydrogen-bond donors (Lipinski definition) is 0. The molecule has 2 aliphatic carbocycles. The fraction of sp³-hybridized carbons (Fsp3) is 0.0800. The van der Waals surface area contributed by atoms with Crippen LogP contribution in [0.1, 0.15) is 49.9 Å². The van der Waals surface area contributed by atoms with Gasteiger partial charge in [0.05, 0.1) is 11.0 Å². The van der Waals surface area contributed by atoms with Gasteiger partial charge in [-0.1, -0.05) is 234 Å². The third kappa shape index (κ3) is 6.98. The van der Waals surface area contributed by atoms with Crippen LogP contribution in [0.15, 0.2) is 255 Å². The van der Waals surface area contributed by atoms with E-state index in [1.54, 1.807) is 0 Å². The first-order chi connectivity index (χ1) is 37.7. The first-order valence-electron chi connectivity index (χ1n) is 27.0. The topological polar surface area (TPSA) is 17.8 Å². The van der Waals surface area contributed by atoms with Crippen molar-refractivity contribution in [2.75, 3.05) is 0 Å². The highest BCUT2D eigenvalue weighted by atomic mass is 15.1. The van der Waals surface area contributed by atoms with Gasteiger partial charge in [0.25, 0.3) is 0 Å². The molecule has 12 aromatic carbocycles. The Balaban J connectivity index is 0.925. The summed E-state index contributed by atoms with van der Waals surface area (Å²) in [7, 11) is 0. The quantitative estimate of drug-likeness (QED) is 0.146. The molecule has 0 bridgehead atoms. The average Bonchev–Trinajstić information content (AvgIpc) is 4.11. The van der Waals surface area contributed by atoms with Crippen molar-refractivity contribution in [2.45, 2.75) is 38.5 Å². The summed E-state index contributed by atoms with van der Waals surface area (Å²) < 4.78 is 2.27. The summed E-state index contributed by atoms with van der Waals surface area (Å²) in [5.74, 6) is 0.932. The highest BCUT2D eigenvalue weighted by Crippen LogP contribution is 2.54. The van der Waals surface area contributed by atoms with Gasteiger partial charge in [-0.05, 0) is 170 Å². The van der Waals surface area contributed by atoms with Crippen LogP contribution in [0.25, 0.3) is 128 Å². The van der Waals surface area contributed by atoms with Crippen LogP contribution in [0.2, 0.25) is 0 Å². The molecule has 13 aromatic rings. The molecule has 0 amide bonds.